The van der Waals surface area contributed by atoms with Crippen molar-refractivity contribution in [2.75, 3.05) is 13.1 Å². The van der Waals surface area contributed by atoms with Gasteiger partial charge >= 0.3 is 6.18 Å². The Hall–Kier alpha value is -2.68. The Balaban J connectivity index is 1.23. The molecule has 0 bridgehead atoms. The summed E-state index contributed by atoms with van der Waals surface area (Å²) in [5.74, 6) is 0.275. The molecule has 1 aliphatic heterocycles. The van der Waals surface area contributed by atoms with Crippen LogP contribution in [-0.2, 0) is 17.4 Å². The third-order valence-corrected chi connectivity index (χ3v) is 7.07. The summed E-state index contributed by atoms with van der Waals surface area (Å²) in [6.45, 7) is 1.29. The van der Waals surface area contributed by atoms with E-state index in [2.05, 4.69) is 15.3 Å². The van der Waals surface area contributed by atoms with E-state index in [4.69, 9.17) is 11.6 Å². The highest BCUT2D eigenvalue weighted by molar-refractivity contribution is 6.31. The van der Waals surface area contributed by atoms with Crippen molar-refractivity contribution in [3.05, 3.63) is 58.5 Å². The lowest BCUT2D eigenvalue weighted by atomic mass is 9.93. The van der Waals surface area contributed by atoms with E-state index in [9.17, 15) is 18.0 Å². The second-order valence-electron chi connectivity index (χ2n) is 8.73. The van der Waals surface area contributed by atoms with Crippen molar-refractivity contribution < 1.29 is 18.0 Å². The molecule has 0 N–H and O–H groups in total. The number of likely N-dealkylation sites (tertiary alicyclic amines) is 1. The summed E-state index contributed by atoms with van der Waals surface area (Å²) < 4.78 is 40.4. The maximum atomic E-state index is 12.9. The maximum absolute atomic E-state index is 12.9. The average molecular weight is 464 g/mol. The zero-order valence-corrected chi connectivity index (χ0v) is 17.9. The molecule has 3 heterocycles. The summed E-state index contributed by atoms with van der Waals surface area (Å²) in [5, 5.41) is 12.1. The van der Waals surface area contributed by atoms with E-state index in [1.165, 1.54) is 12.1 Å². The number of alkyl halides is 3. The van der Waals surface area contributed by atoms with Gasteiger partial charge in [0.15, 0.2) is 5.65 Å². The molecule has 2 aromatic heterocycles. The maximum Gasteiger partial charge on any atom is 0.417 e. The molecule has 6 nitrogen and oxygen atoms in total. The van der Waals surface area contributed by atoms with Crippen LogP contribution in [0, 0.1) is 5.41 Å². The summed E-state index contributed by atoms with van der Waals surface area (Å²) in [5.41, 5.74) is 1.50. The number of carbonyl (C=O) groups excluding carboxylic acids is 1. The number of rotatable bonds is 3. The lowest BCUT2D eigenvalue weighted by Gasteiger charge is -2.21. The zero-order valence-electron chi connectivity index (χ0n) is 17.1. The van der Waals surface area contributed by atoms with Crippen LogP contribution in [0.4, 0.5) is 13.2 Å². The molecule has 32 heavy (non-hydrogen) atoms. The lowest BCUT2D eigenvalue weighted by Crippen LogP contribution is -2.33. The molecule has 168 valence electrons. The van der Waals surface area contributed by atoms with Crippen molar-refractivity contribution >= 4 is 23.2 Å². The second kappa shape index (κ2) is 7.72. The Morgan fingerprint density at radius 1 is 1.19 bits per heavy atom. The predicted octanol–water partition coefficient (Wildman–Crippen LogP) is 4.53. The summed E-state index contributed by atoms with van der Waals surface area (Å²) in [7, 11) is 0. The van der Waals surface area contributed by atoms with Crippen LogP contribution in [-0.4, -0.2) is 43.7 Å². The topological polar surface area (TPSA) is 63.4 Å². The summed E-state index contributed by atoms with van der Waals surface area (Å²) in [6.07, 6.45) is 0.978. The van der Waals surface area contributed by atoms with Gasteiger partial charge in [-0.25, -0.2) is 4.52 Å². The highest BCUT2D eigenvalue weighted by Crippen LogP contribution is 2.64. The first-order chi connectivity index (χ1) is 15.2. The fraction of sp³-hybridized carbons (Fsp3) is 0.455. The molecule has 2 unspecified atom stereocenters. The van der Waals surface area contributed by atoms with Crippen LogP contribution in [0.5, 0.6) is 0 Å². The zero-order chi connectivity index (χ0) is 22.5. The molecular formula is C22H21ClF3N5O. The number of hydrogen-bond acceptors (Lipinski definition) is 4. The monoisotopic (exact) mass is 463 g/mol. The Labute approximate surface area is 187 Å². The highest BCUT2D eigenvalue weighted by atomic mass is 35.5. The van der Waals surface area contributed by atoms with Crippen LogP contribution in [0.2, 0.25) is 5.02 Å². The van der Waals surface area contributed by atoms with Gasteiger partial charge in [-0.2, -0.15) is 18.3 Å². The van der Waals surface area contributed by atoms with Crippen LogP contribution in [0.25, 0.3) is 5.65 Å². The number of hydrogen-bond donors (Lipinski definition) is 0. The van der Waals surface area contributed by atoms with E-state index in [0.29, 0.717) is 30.2 Å². The number of carbonyl (C=O) groups is 1. The fourth-order valence-electron chi connectivity index (χ4n) is 4.90. The number of nitrogens with zero attached hydrogens (tertiary/aromatic N) is 5. The van der Waals surface area contributed by atoms with Gasteiger partial charge in [-0.3, -0.25) is 4.79 Å². The Kier molecular flexibility index (Phi) is 5.11. The van der Waals surface area contributed by atoms with E-state index in [-0.39, 0.29) is 22.8 Å². The van der Waals surface area contributed by atoms with E-state index >= 15 is 0 Å². The van der Waals surface area contributed by atoms with Crippen molar-refractivity contribution in [1.82, 2.24) is 24.7 Å². The third-order valence-electron chi connectivity index (χ3n) is 6.76. The highest BCUT2D eigenvalue weighted by Gasteiger charge is 2.55. The minimum Gasteiger partial charge on any atom is -0.342 e. The van der Waals surface area contributed by atoms with Crippen molar-refractivity contribution in [2.24, 2.45) is 5.41 Å². The lowest BCUT2D eigenvalue weighted by molar-refractivity contribution is -0.137. The first-order valence-electron chi connectivity index (χ1n) is 10.6. The molecular weight excluding hydrogens is 443 g/mol. The van der Waals surface area contributed by atoms with Gasteiger partial charge in [-0.15, -0.1) is 10.2 Å². The minimum absolute atomic E-state index is 0.0418. The van der Waals surface area contributed by atoms with Gasteiger partial charge in [0.1, 0.15) is 6.33 Å². The van der Waals surface area contributed by atoms with E-state index < -0.39 is 11.7 Å². The number of benzene rings is 1. The van der Waals surface area contributed by atoms with Gasteiger partial charge in [-0.05, 0) is 60.9 Å². The van der Waals surface area contributed by atoms with Gasteiger partial charge in [-0.1, -0.05) is 17.7 Å². The smallest absolute Gasteiger partial charge is 0.342 e. The molecule has 1 amide bonds. The number of amides is 1. The van der Waals surface area contributed by atoms with Crippen molar-refractivity contribution in [3.8, 4) is 0 Å². The van der Waals surface area contributed by atoms with E-state index in [0.717, 1.165) is 37.4 Å². The predicted molar refractivity (Wildman–Crippen MR) is 111 cm³/mol. The molecule has 1 spiro atoms. The van der Waals surface area contributed by atoms with Gasteiger partial charge in [0.2, 0.25) is 5.91 Å². The second-order valence-corrected chi connectivity index (χ2v) is 9.14. The molecule has 1 saturated heterocycles. The molecule has 1 aromatic carbocycles. The van der Waals surface area contributed by atoms with Crippen LogP contribution >= 0.6 is 11.6 Å². The first-order valence-corrected chi connectivity index (χ1v) is 10.9. The van der Waals surface area contributed by atoms with Gasteiger partial charge in [0.25, 0.3) is 0 Å². The first kappa shape index (κ1) is 21.2. The summed E-state index contributed by atoms with van der Waals surface area (Å²) in [4.78, 5) is 14.7. The molecule has 3 aromatic rings. The summed E-state index contributed by atoms with van der Waals surface area (Å²) in [6, 6.07) is 7.44. The molecule has 2 atom stereocenters. The Morgan fingerprint density at radius 2 is 2.03 bits per heavy atom. The molecule has 2 aliphatic rings. The average Bonchev–Trinajstić information content (AvgIpc) is 3.33. The number of halogens is 4. The van der Waals surface area contributed by atoms with Crippen molar-refractivity contribution in [3.63, 3.8) is 0 Å². The van der Waals surface area contributed by atoms with E-state index in [1.807, 2.05) is 17.0 Å². The largest absolute Gasteiger partial charge is 0.417 e. The fourth-order valence-corrected chi connectivity index (χ4v) is 5.21. The van der Waals surface area contributed by atoms with Crippen LogP contribution in [0.15, 0.2) is 36.7 Å². The molecule has 2 fully saturated rings. The van der Waals surface area contributed by atoms with Crippen LogP contribution in [0.1, 0.15) is 48.4 Å². The number of aromatic nitrogens is 4. The van der Waals surface area contributed by atoms with E-state index in [1.54, 1.807) is 10.8 Å². The van der Waals surface area contributed by atoms with Crippen LogP contribution in [0.3, 0.4) is 0 Å². The van der Waals surface area contributed by atoms with Crippen molar-refractivity contribution in [1.29, 1.82) is 0 Å². The standard InChI is InChI=1S/C22H21ClF3N5O/c23-17-10-14(2-3-15(17)22(24,25)26)11-20(32)30-8-1-6-21(7-9-30)12-16(21)18-4-5-19-28-27-13-31(19)29-18/h2-5,10,13,16H,1,6-9,11-12H2. The molecule has 10 heteroatoms. The molecule has 0 radical (unpaired) electrons. The van der Waals surface area contributed by atoms with Gasteiger partial charge in [0, 0.05) is 19.0 Å². The quantitative estimate of drug-likeness (QED) is 0.572. The summed E-state index contributed by atoms with van der Waals surface area (Å²) >= 11 is 5.80. The molecule has 1 aliphatic carbocycles. The van der Waals surface area contributed by atoms with Crippen LogP contribution < -0.4 is 0 Å². The van der Waals surface area contributed by atoms with Gasteiger partial charge in [0.05, 0.1) is 22.7 Å². The Morgan fingerprint density at radius 3 is 2.81 bits per heavy atom. The molecule has 1 saturated carbocycles. The molecule has 5 rings (SSSR count). The minimum atomic E-state index is -4.51. The van der Waals surface area contributed by atoms with Gasteiger partial charge < -0.3 is 4.90 Å². The third kappa shape index (κ3) is 3.94. The SMILES string of the molecule is O=C(Cc1ccc(C(F)(F)F)c(Cl)c1)N1CCCC2(CC1)CC2c1ccc2nncn2n1. The normalized spacial score (nSPS) is 23.5. The Bertz CT molecular complexity index is 1180. The van der Waals surface area contributed by atoms with Crippen molar-refractivity contribution in [2.45, 2.75) is 44.2 Å². The number of fused-ring (bicyclic) bond motifs is 1.